The lowest BCUT2D eigenvalue weighted by Gasteiger charge is -2.13. The minimum atomic E-state index is -3.20. The number of rotatable bonds is 4. The Kier molecular flexibility index (Phi) is 3.89. The highest BCUT2D eigenvalue weighted by Crippen LogP contribution is 2.23. The molecule has 6 nitrogen and oxygen atoms in total. The number of fused-ring (bicyclic) bond motifs is 1. The first-order chi connectivity index (χ1) is 9.45. The molecule has 1 atom stereocenters. The average molecular weight is 288 g/mol. The Balaban J connectivity index is 2.40. The topological polar surface area (TPSA) is 60.2 Å². The van der Waals surface area contributed by atoms with Crippen molar-refractivity contribution in [2.24, 2.45) is 0 Å². The molecule has 0 bridgehead atoms. The summed E-state index contributed by atoms with van der Waals surface area (Å²) < 4.78 is 38.5. The number of aromatic nitrogens is 3. The van der Waals surface area contributed by atoms with Crippen molar-refractivity contribution in [2.45, 2.75) is 12.7 Å². The fourth-order valence-electron chi connectivity index (χ4n) is 1.61. The zero-order valence-corrected chi connectivity index (χ0v) is 10.6. The first-order valence-corrected chi connectivity index (χ1v) is 5.53. The first-order valence-electron chi connectivity index (χ1n) is 5.53. The van der Waals surface area contributed by atoms with Crippen LogP contribution in [0.4, 0.5) is 13.2 Å². The Bertz CT molecular complexity index is 631. The smallest absolute Gasteiger partial charge is 0.274 e. The van der Waals surface area contributed by atoms with Gasteiger partial charge in [-0.1, -0.05) is 0 Å². The zero-order chi connectivity index (χ0) is 14.9. The molecule has 9 heteroatoms. The van der Waals surface area contributed by atoms with Gasteiger partial charge in [-0.3, -0.25) is 9.63 Å². The Morgan fingerprint density at radius 1 is 1.40 bits per heavy atom. The summed E-state index contributed by atoms with van der Waals surface area (Å²) >= 11 is 0. The van der Waals surface area contributed by atoms with Gasteiger partial charge in [-0.05, 0) is 6.07 Å². The molecule has 108 valence electrons. The van der Waals surface area contributed by atoms with Crippen LogP contribution in [-0.2, 0) is 4.84 Å². The van der Waals surface area contributed by atoms with E-state index in [1.807, 2.05) is 0 Å². The predicted octanol–water partition coefficient (Wildman–Crippen LogP) is 1.80. The first kappa shape index (κ1) is 14.3. The van der Waals surface area contributed by atoms with Gasteiger partial charge >= 0.3 is 0 Å². The van der Waals surface area contributed by atoms with Crippen LogP contribution in [0.25, 0.3) is 10.9 Å². The summed E-state index contributed by atoms with van der Waals surface area (Å²) in [6.45, 7) is 0. The van der Waals surface area contributed by atoms with E-state index >= 15 is 0 Å². The number of alkyl halides is 3. The number of hydrogen-bond donors (Lipinski definition) is 0. The number of pyridine rings is 1. The summed E-state index contributed by atoms with van der Waals surface area (Å²) in [5, 5.41) is 4.83. The van der Waals surface area contributed by atoms with Crippen molar-refractivity contribution >= 4 is 16.8 Å². The molecule has 0 aromatic carbocycles. The number of amides is 1. The van der Waals surface area contributed by atoms with Crippen LogP contribution in [-0.4, -0.2) is 46.3 Å². The molecule has 2 aromatic heterocycles. The predicted molar refractivity (Wildman–Crippen MR) is 62.8 cm³/mol. The molecule has 0 spiro atoms. The molecule has 2 rings (SSSR count). The number of hydrogen-bond acceptors (Lipinski definition) is 4. The van der Waals surface area contributed by atoms with Gasteiger partial charge in [0.05, 0.1) is 25.0 Å². The van der Waals surface area contributed by atoms with Gasteiger partial charge in [0.1, 0.15) is 5.69 Å². The summed E-state index contributed by atoms with van der Waals surface area (Å²) in [6, 6.07) is 1.33. The van der Waals surface area contributed by atoms with Crippen molar-refractivity contribution in [3.05, 3.63) is 24.2 Å². The minimum Gasteiger partial charge on any atom is -0.274 e. The van der Waals surface area contributed by atoms with E-state index in [1.54, 1.807) is 0 Å². The van der Waals surface area contributed by atoms with Crippen LogP contribution in [0.1, 0.15) is 16.8 Å². The summed E-state index contributed by atoms with van der Waals surface area (Å²) in [4.78, 5) is 20.3. The molecular weight excluding hydrogens is 277 g/mol. The second kappa shape index (κ2) is 5.45. The molecular formula is C11H11F3N4O2. The normalized spacial score (nSPS) is 12.9. The number of carbonyl (C=O) groups excluding carboxylic acids is 1. The summed E-state index contributed by atoms with van der Waals surface area (Å²) in [6.07, 6.45) is -3.44. The second-order valence-corrected chi connectivity index (χ2v) is 3.91. The molecule has 0 aliphatic heterocycles. The van der Waals surface area contributed by atoms with Crippen molar-refractivity contribution in [3.8, 4) is 0 Å². The number of halogens is 3. The molecule has 0 N–H and O–H groups in total. The molecule has 0 saturated heterocycles. The summed E-state index contributed by atoms with van der Waals surface area (Å²) in [7, 11) is 2.71. The number of hydroxylamine groups is 2. The largest absolute Gasteiger partial charge is 0.295 e. The Labute approximate surface area is 111 Å². The molecule has 1 amide bonds. The van der Waals surface area contributed by atoms with Gasteiger partial charge in [-0.2, -0.15) is 5.10 Å². The van der Waals surface area contributed by atoms with Gasteiger partial charge < -0.3 is 0 Å². The third kappa shape index (κ3) is 2.44. The molecule has 20 heavy (non-hydrogen) atoms. The molecule has 0 fully saturated rings. The van der Waals surface area contributed by atoms with Crippen LogP contribution in [0, 0.1) is 0 Å². The molecule has 0 aliphatic rings. The van der Waals surface area contributed by atoms with E-state index in [-0.39, 0.29) is 11.2 Å². The Morgan fingerprint density at radius 3 is 2.70 bits per heavy atom. The van der Waals surface area contributed by atoms with Crippen molar-refractivity contribution in [3.63, 3.8) is 0 Å². The SMILES string of the molecule is CON(C)C(=O)c1cc2cnn(C(F)C(F)F)c2cn1. The molecule has 2 aromatic rings. The quantitative estimate of drug-likeness (QED) is 0.805. The molecule has 0 aliphatic carbocycles. The van der Waals surface area contributed by atoms with Crippen molar-refractivity contribution in [1.82, 2.24) is 19.8 Å². The van der Waals surface area contributed by atoms with E-state index < -0.39 is 18.6 Å². The maximum Gasteiger partial charge on any atom is 0.295 e. The molecule has 0 radical (unpaired) electrons. The van der Waals surface area contributed by atoms with Gasteiger partial charge in [0, 0.05) is 12.4 Å². The van der Waals surface area contributed by atoms with Crippen molar-refractivity contribution in [1.29, 1.82) is 0 Å². The van der Waals surface area contributed by atoms with Gasteiger partial charge in [0.2, 0.25) is 0 Å². The van der Waals surface area contributed by atoms with E-state index in [9.17, 15) is 18.0 Å². The second-order valence-electron chi connectivity index (χ2n) is 3.91. The van der Waals surface area contributed by atoms with E-state index in [4.69, 9.17) is 4.84 Å². The highest BCUT2D eigenvalue weighted by atomic mass is 19.3. The Morgan fingerprint density at radius 2 is 2.10 bits per heavy atom. The molecule has 2 heterocycles. The van der Waals surface area contributed by atoms with Crippen LogP contribution < -0.4 is 0 Å². The van der Waals surface area contributed by atoms with E-state index in [2.05, 4.69) is 10.1 Å². The summed E-state index contributed by atoms with van der Waals surface area (Å²) in [5.41, 5.74) is 0.114. The van der Waals surface area contributed by atoms with Crippen molar-refractivity contribution < 1.29 is 22.8 Å². The monoisotopic (exact) mass is 288 g/mol. The third-order valence-corrected chi connectivity index (χ3v) is 2.70. The van der Waals surface area contributed by atoms with Crippen LogP contribution in [0.2, 0.25) is 0 Å². The van der Waals surface area contributed by atoms with Crippen LogP contribution in [0.3, 0.4) is 0 Å². The van der Waals surface area contributed by atoms with E-state index in [0.717, 1.165) is 11.3 Å². The lowest BCUT2D eigenvalue weighted by atomic mass is 10.2. The fraction of sp³-hybridized carbons (Fsp3) is 0.364. The van der Waals surface area contributed by atoms with Gasteiger partial charge in [0.25, 0.3) is 18.6 Å². The standard InChI is InChI=1S/C11H11F3N4O2/c1-17(20-2)11(19)7-3-6-4-16-18(8(6)5-15-7)10(14)9(12)13/h3-5,9-10H,1-2H3. The van der Waals surface area contributed by atoms with Gasteiger partial charge in [-0.25, -0.2) is 27.9 Å². The highest BCUT2D eigenvalue weighted by molar-refractivity contribution is 5.95. The van der Waals surface area contributed by atoms with Crippen LogP contribution in [0.15, 0.2) is 18.5 Å². The van der Waals surface area contributed by atoms with Crippen LogP contribution in [0.5, 0.6) is 0 Å². The van der Waals surface area contributed by atoms with E-state index in [1.165, 1.54) is 26.4 Å². The minimum absolute atomic E-state index is 0.0360. The lowest BCUT2D eigenvalue weighted by Crippen LogP contribution is -2.26. The fourth-order valence-corrected chi connectivity index (χ4v) is 1.61. The maximum absolute atomic E-state index is 13.3. The maximum atomic E-state index is 13.3. The van der Waals surface area contributed by atoms with Crippen molar-refractivity contribution in [2.75, 3.05) is 14.2 Å². The van der Waals surface area contributed by atoms with Gasteiger partial charge in [-0.15, -0.1) is 0 Å². The van der Waals surface area contributed by atoms with E-state index in [0.29, 0.717) is 10.1 Å². The lowest BCUT2D eigenvalue weighted by molar-refractivity contribution is -0.0760. The average Bonchev–Trinajstić information content (AvgIpc) is 2.87. The summed E-state index contributed by atoms with van der Waals surface area (Å²) in [5.74, 6) is -0.521. The van der Waals surface area contributed by atoms with Gasteiger partial charge in [0.15, 0.2) is 0 Å². The van der Waals surface area contributed by atoms with Crippen LogP contribution >= 0.6 is 0 Å². The number of nitrogens with zero attached hydrogens (tertiary/aromatic N) is 4. The molecule has 1 unspecified atom stereocenters. The highest BCUT2D eigenvalue weighted by Gasteiger charge is 2.24. The Hall–Kier alpha value is -2.16. The number of carbonyl (C=O) groups is 1. The zero-order valence-electron chi connectivity index (χ0n) is 10.6. The molecule has 0 saturated carbocycles. The third-order valence-electron chi connectivity index (χ3n) is 2.70.